The van der Waals surface area contributed by atoms with Crippen LogP contribution in [0.3, 0.4) is 0 Å². The number of hydrogen-bond donors (Lipinski definition) is 0. The summed E-state index contributed by atoms with van der Waals surface area (Å²) in [7, 11) is 0. The molecule has 0 heterocycles. The lowest BCUT2D eigenvalue weighted by atomic mass is 9.98. The third kappa shape index (κ3) is 5.79. The number of rotatable bonds is 2. The molecular weight excluding hydrogens is 300 g/mol. The van der Waals surface area contributed by atoms with Crippen LogP contribution in [0.4, 0.5) is 0 Å². The second-order valence-electron chi connectivity index (χ2n) is 6.35. The molecule has 0 saturated heterocycles. The van der Waals surface area contributed by atoms with Crippen LogP contribution in [0.15, 0.2) is 12.1 Å². The lowest BCUT2D eigenvalue weighted by molar-refractivity contribution is 0.712. The molecule has 1 fully saturated rings. The molecule has 0 bridgehead atoms. The van der Waals surface area contributed by atoms with Gasteiger partial charge in [0.25, 0.3) is 0 Å². The third-order valence-electron chi connectivity index (χ3n) is 4.32. The summed E-state index contributed by atoms with van der Waals surface area (Å²) in [6, 6.07) is 4.13. The van der Waals surface area contributed by atoms with Gasteiger partial charge in [-0.2, -0.15) is 0 Å². The highest BCUT2D eigenvalue weighted by atomic mass is 14.2. The number of hydrogen-bond acceptors (Lipinski definition) is 0. The second kappa shape index (κ2) is 10.4. The predicted molar refractivity (Wildman–Crippen MR) is 107 cm³/mol. The Kier molecular flexibility index (Phi) is 7.78. The molecule has 0 amide bonds. The lowest BCUT2D eigenvalue weighted by Crippen LogP contribution is -1.93. The Balaban J connectivity index is 2.44. The molecule has 126 valence electrons. The highest BCUT2D eigenvalue weighted by Crippen LogP contribution is 2.24. The highest BCUT2D eigenvalue weighted by molar-refractivity contribution is 5.61. The van der Waals surface area contributed by atoms with Crippen molar-refractivity contribution in [3.63, 3.8) is 0 Å². The van der Waals surface area contributed by atoms with Gasteiger partial charge in [0, 0.05) is 34.6 Å². The van der Waals surface area contributed by atoms with Crippen LogP contribution >= 0.6 is 0 Å². The molecule has 25 heavy (non-hydrogen) atoms. The lowest BCUT2D eigenvalue weighted by Gasteiger charge is -2.04. The Bertz CT molecular complexity index is 832. The van der Waals surface area contributed by atoms with E-state index >= 15 is 0 Å². The van der Waals surface area contributed by atoms with Gasteiger partial charge < -0.3 is 0 Å². The molecule has 0 nitrogen and oxygen atoms in total. The zero-order valence-corrected chi connectivity index (χ0v) is 15.7. The first-order valence-corrected chi connectivity index (χ1v) is 9.32. The van der Waals surface area contributed by atoms with Crippen LogP contribution in [0.25, 0.3) is 0 Å². The predicted octanol–water partition coefficient (Wildman–Crippen LogP) is 5.51. The number of benzene rings is 1. The van der Waals surface area contributed by atoms with E-state index < -0.39 is 0 Å². The van der Waals surface area contributed by atoms with Gasteiger partial charge in [0.1, 0.15) is 0 Å². The Hall–Kier alpha value is -2.54. The molecule has 0 heteroatoms. The van der Waals surface area contributed by atoms with Gasteiger partial charge in [0.15, 0.2) is 0 Å². The molecule has 1 aromatic carbocycles. The molecule has 1 saturated carbocycles. The van der Waals surface area contributed by atoms with Crippen LogP contribution in [-0.4, -0.2) is 0 Å². The van der Waals surface area contributed by atoms with Crippen LogP contribution in [0.1, 0.15) is 88.0 Å². The van der Waals surface area contributed by atoms with E-state index in [2.05, 4.69) is 66.4 Å². The highest BCUT2D eigenvalue weighted by Gasteiger charge is 2.12. The zero-order valence-electron chi connectivity index (χ0n) is 15.7. The van der Waals surface area contributed by atoms with Gasteiger partial charge in [0.05, 0.1) is 0 Å². The smallest absolute Gasteiger partial charge is 0.0415 e. The fourth-order valence-electron chi connectivity index (χ4n) is 2.96. The molecule has 0 N–H and O–H groups in total. The summed E-state index contributed by atoms with van der Waals surface area (Å²) in [5.41, 5.74) is 3.88. The van der Waals surface area contributed by atoms with Crippen molar-refractivity contribution in [1.29, 1.82) is 0 Å². The molecule has 0 unspecified atom stereocenters. The minimum atomic E-state index is 0.539. The maximum absolute atomic E-state index is 3.45. The fourth-order valence-corrected chi connectivity index (χ4v) is 2.96. The molecular formula is C25H26. The summed E-state index contributed by atoms with van der Waals surface area (Å²) in [6.45, 7) is 5.90. The van der Waals surface area contributed by atoms with Crippen molar-refractivity contribution in [3.05, 3.63) is 34.4 Å². The van der Waals surface area contributed by atoms with Gasteiger partial charge in [-0.15, -0.1) is 11.8 Å². The summed E-state index contributed by atoms with van der Waals surface area (Å²) in [5.74, 6) is 26.3. The molecule has 1 aromatic rings. The van der Waals surface area contributed by atoms with Gasteiger partial charge in [-0.25, -0.2) is 0 Å². The summed E-state index contributed by atoms with van der Waals surface area (Å²) < 4.78 is 0. The molecule has 2 rings (SSSR count). The van der Waals surface area contributed by atoms with Crippen LogP contribution in [0, 0.1) is 53.3 Å². The monoisotopic (exact) mass is 326 g/mol. The van der Waals surface area contributed by atoms with Gasteiger partial charge in [-0.1, -0.05) is 61.7 Å². The average Bonchev–Trinajstić information content (AvgIpc) is 3.13. The van der Waals surface area contributed by atoms with Crippen molar-refractivity contribution in [2.24, 2.45) is 5.92 Å². The minimum absolute atomic E-state index is 0.539. The summed E-state index contributed by atoms with van der Waals surface area (Å²) >= 11 is 0. The largest absolute Gasteiger partial charge is 0.101 e. The van der Waals surface area contributed by atoms with Gasteiger partial charge >= 0.3 is 0 Å². The van der Waals surface area contributed by atoms with E-state index in [0.717, 1.165) is 35.1 Å². The standard InChI is InChI=1S/C25H26/c1-4-7-8-9-16-24-20-25(18-17-21-14-10-11-15-21)23(13-6-3)19-22(24)12-5-2/h19-21H,4,7-8,10-11,14-15H2,1-3H3. The van der Waals surface area contributed by atoms with Crippen LogP contribution < -0.4 is 0 Å². The van der Waals surface area contributed by atoms with E-state index in [1.165, 1.54) is 32.1 Å². The van der Waals surface area contributed by atoms with Gasteiger partial charge in [0.2, 0.25) is 0 Å². The van der Waals surface area contributed by atoms with Gasteiger partial charge in [-0.05, 0) is 45.2 Å². The van der Waals surface area contributed by atoms with E-state index in [1.54, 1.807) is 0 Å². The topological polar surface area (TPSA) is 0 Å². The van der Waals surface area contributed by atoms with E-state index in [4.69, 9.17) is 0 Å². The third-order valence-corrected chi connectivity index (χ3v) is 4.32. The summed E-state index contributed by atoms with van der Waals surface area (Å²) in [6.07, 6.45) is 8.29. The molecule has 1 aliphatic carbocycles. The van der Waals surface area contributed by atoms with E-state index in [1.807, 2.05) is 13.8 Å². The zero-order chi connectivity index (χ0) is 17.9. The second-order valence-corrected chi connectivity index (χ2v) is 6.35. The molecule has 0 spiro atoms. The Morgan fingerprint density at radius 3 is 1.96 bits per heavy atom. The van der Waals surface area contributed by atoms with Crippen molar-refractivity contribution in [2.75, 3.05) is 0 Å². The van der Waals surface area contributed by atoms with Crippen molar-refractivity contribution in [3.8, 4) is 47.4 Å². The normalized spacial score (nSPS) is 12.6. The molecule has 0 atom stereocenters. The Morgan fingerprint density at radius 1 is 0.840 bits per heavy atom. The van der Waals surface area contributed by atoms with Gasteiger partial charge in [-0.3, -0.25) is 0 Å². The van der Waals surface area contributed by atoms with Crippen molar-refractivity contribution in [2.45, 2.75) is 65.7 Å². The first-order valence-electron chi connectivity index (χ1n) is 9.32. The first-order chi connectivity index (χ1) is 12.3. The first kappa shape index (κ1) is 18.8. The average molecular weight is 326 g/mol. The Morgan fingerprint density at radius 2 is 1.40 bits per heavy atom. The maximum Gasteiger partial charge on any atom is 0.0415 e. The van der Waals surface area contributed by atoms with Crippen molar-refractivity contribution in [1.82, 2.24) is 0 Å². The minimum Gasteiger partial charge on any atom is -0.101 e. The summed E-state index contributed by atoms with van der Waals surface area (Å²) in [5, 5.41) is 0. The van der Waals surface area contributed by atoms with E-state index in [-0.39, 0.29) is 0 Å². The van der Waals surface area contributed by atoms with E-state index in [9.17, 15) is 0 Å². The Labute approximate surface area is 153 Å². The fraction of sp³-hybridized carbons (Fsp3) is 0.440. The maximum atomic E-state index is 3.45. The molecule has 0 aliphatic heterocycles. The molecule has 0 radical (unpaired) electrons. The van der Waals surface area contributed by atoms with Crippen molar-refractivity contribution >= 4 is 0 Å². The van der Waals surface area contributed by atoms with Crippen molar-refractivity contribution < 1.29 is 0 Å². The van der Waals surface area contributed by atoms with Crippen LogP contribution in [0.5, 0.6) is 0 Å². The summed E-state index contributed by atoms with van der Waals surface area (Å²) in [4.78, 5) is 0. The molecule has 0 aromatic heterocycles. The van der Waals surface area contributed by atoms with Crippen LogP contribution in [0.2, 0.25) is 0 Å². The quantitative estimate of drug-likeness (QED) is 0.496. The number of unbranched alkanes of at least 4 members (excludes halogenated alkanes) is 2. The SMILES string of the molecule is CC#Cc1cc(C#CC)c(C#CC2CCCC2)cc1C#CCCCC. The van der Waals surface area contributed by atoms with E-state index in [0.29, 0.717) is 5.92 Å². The van der Waals surface area contributed by atoms with Crippen LogP contribution in [-0.2, 0) is 0 Å². The molecule has 1 aliphatic rings.